The fourth-order valence-corrected chi connectivity index (χ4v) is 6.63. The van der Waals surface area contributed by atoms with E-state index in [-0.39, 0.29) is 31.1 Å². The van der Waals surface area contributed by atoms with Crippen LogP contribution in [0.4, 0.5) is 0 Å². The first kappa shape index (κ1) is 49.4. The van der Waals surface area contributed by atoms with Crippen LogP contribution in [0.25, 0.3) is 0 Å². The summed E-state index contributed by atoms with van der Waals surface area (Å²) in [4.78, 5) is 37.6. The van der Waals surface area contributed by atoms with Gasteiger partial charge in [-0.05, 0) is 25.2 Å². The minimum absolute atomic E-state index is 0.0646. The molecule has 0 saturated carbocycles. The Labute approximate surface area is 317 Å². The van der Waals surface area contributed by atoms with E-state index in [2.05, 4.69) is 27.7 Å². The average molecular weight is 723 g/mol. The van der Waals surface area contributed by atoms with Gasteiger partial charge in [-0.3, -0.25) is 14.4 Å². The lowest BCUT2D eigenvalue weighted by Gasteiger charge is -2.18. The highest BCUT2D eigenvalue weighted by molar-refractivity contribution is 5.71. The van der Waals surface area contributed by atoms with Gasteiger partial charge in [0.2, 0.25) is 0 Å². The first-order valence-electron chi connectivity index (χ1n) is 22.4. The molecule has 0 aliphatic rings. The normalized spacial score (nSPS) is 11.9. The molecular weight excluding hydrogens is 636 g/mol. The summed E-state index contributed by atoms with van der Waals surface area (Å²) in [6, 6.07) is 0. The lowest BCUT2D eigenvalue weighted by Crippen LogP contribution is -2.30. The van der Waals surface area contributed by atoms with Crippen LogP contribution in [0.2, 0.25) is 0 Å². The third-order valence-electron chi connectivity index (χ3n) is 10.0. The predicted molar refractivity (Wildman–Crippen MR) is 215 cm³/mol. The van der Waals surface area contributed by atoms with Crippen molar-refractivity contribution >= 4 is 17.9 Å². The second-order valence-corrected chi connectivity index (χ2v) is 15.8. The van der Waals surface area contributed by atoms with E-state index in [1.54, 1.807) is 0 Å². The highest BCUT2D eigenvalue weighted by Gasteiger charge is 2.19. The van der Waals surface area contributed by atoms with Gasteiger partial charge in [-0.2, -0.15) is 0 Å². The van der Waals surface area contributed by atoms with Gasteiger partial charge in [0.15, 0.2) is 6.10 Å². The van der Waals surface area contributed by atoms with Gasteiger partial charge in [0.1, 0.15) is 13.2 Å². The number of ether oxygens (including phenoxy) is 3. The summed E-state index contributed by atoms with van der Waals surface area (Å²) in [6.07, 6.45) is 38.1. The smallest absolute Gasteiger partial charge is 0.306 e. The van der Waals surface area contributed by atoms with Gasteiger partial charge in [0.25, 0.3) is 0 Å². The van der Waals surface area contributed by atoms with Gasteiger partial charge in [-0.25, -0.2) is 0 Å². The van der Waals surface area contributed by atoms with Crippen molar-refractivity contribution in [3.63, 3.8) is 0 Å². The molecule has 0 aliphatic carbocycles. The third kappa shape index (κ3) is 39.5. The van der Waals surface area contributed by atoms with E-state index in [4.69, 9.17) is 14.2 Å². The molecule has 0 fully saturated rings. The van der Waals surface area contributed by atoms with E-state index in [0.29, 0.717) is 19.3 Å². The third-order valence-corrected chi connectivity index (χ3v) is 10.0. The van der Waals surface area contributed by atoms with E-state index >= 15 is 0 Å². The molecule has 1 atom stereocenters. The molecule has 6 heteroatoms. The summed E-state index contributed by atoms with van der Waals surface area (Å²) in [5.41, 5.74) is 0. The second kappa shape index (κ2) is 39.6. The van der Waals surface area contributed by atoms with Crippen molar-refractivity contribution in [3.8, 4) is 0 Å². The number of carbonyl (C=O) groups excluding carboxylic acids is 3. The lowest BCUT2D eigenvalue weighted by molar-refractivity contribution is -0.167. The van der Waals surface area contributed by atoms with Gasteiger partial charge < -0.3 is 14.2 Å². The predicted octanol–water partition coefficient (Wildman–Crippen LogP) is 13.9. The largest absolute Gasteiger partial charge is 0.462 e. The van der Waals surface area contributed by atoms with Crippen molar-refractivity contribution in [1.82, 2.24) is 0 Å². The first-order valence-corrected chi connectivity index (χ1v) is 22.4. The van der Waals surface area contributed by atoms with Crippen LogP contribution in [0.3, 0.4) is 0 Å². The number of unbranched alkanes of at least 4 members (excludes halogenated alkanes) is 27. The second-order valence-electron chi connectivity index (χ2n) is 15.8. The van der Waals surface area contributed by atoms with Crippen LogP contribution >= 0.6 is 0 Å². The molecule has 51 heavy (non-hydrogen) atoms. The molecule has 0 amide bonds. The van der Waals surface area contributed by atoms with Gasteiger partial charge in [0.05, 0.1) is 0 Å². The topological polar surface area (TPSA) is 78.9 Å². The molecule has 0 saturated heterocycles. The summed E-state index contributed by atoms with van der Waals surface area (Å²) in [5.74, 6) is -0.0966. The highest BCUT2D eigenvalue weighted by atomic mass is 16.6. The summed E-state index contributed by atoms with van der Waals surface area (Å²) in [5, 5.41) is 0. The van der Waals surface area contributed by atoms with Crippen LogP contribution < -0.4 is 0 Å². The van der Waals surface area contributed by atoms with Gasteiger partial charge >= 0.3 is 17.9 Å². The van der Waals surface area contributed by atoms with E-state index in [9.17, 15) is 14.4 Å². The Hall–Kier alpha value is -1.59. The van der Waals surface area contributed by atoms with E-state index in [1.165, 1.54) is 141 Å². The first-order chi connectivity index (χ1) is 24.9. The molecular formula is C45H86O6. The maximum atomic E-state index is 12.7. The molecule has 0 aromatic rings. The van der Waals surface area contributed by atoms with Crippen LogP contribution in [0, 0.1) is 5.92 Å². The van der Waals surface area contributed by atoms with E-state index < -0.39 is 6.10 Å². The zero-order valence-corrected chi connectivity index (χ0v) is 34.6. The molecule has 0 aromatic heterocycles. The quantitative estimate of drug-likeness (QED) is 0.0356. The van der Waals surface area contributed by atoms with E-state index in [0.717, 1.165) is 63.7 Å². The van der Waals surface area contributed by atoms with Gasteiger partial charge in [-0.15, -0.1) is 0 Å². The summed E-state index contributed by atoms with van der Waals surface area (Å²) in [6.45, 7) is 8.91. The Morgan fingerprint density at radius 1 is 0.373 bits per heavy atom. The molecule has 0 unspecified atom stereocenters. The minimum Gasteiger partial charge on any atom is -0.462 e. The molecule has 302 valence electrons. The average Bonchev–Trinajstić information content (AvgIpc) is 3.11. The monoisotopic (exact) mass is 723 g/mol. The van der Waals surface area contributed by atoms with Crippen LogP contribution in [0.5, 0.6) is 0 Å². The maximum Gasteiger partial charge on any atom is 0.306 e. The maximum absolute atomic E-state index is 12.7. The zero-order valence-electron chi connectivity index (χ0n) is 34.6. The standard InChI is InChI=1S/C45H86O6/c1-5-7-9-11-13-15-17-18-20-21-23-28-32-36-43(46)49-39-42(40-50-44(47)37-33-29-26-25-27-31-35-41(3)4)51-45(48)38-34-30-24-22-19-16-14-12-10-8-6-2/h41-42H,5-40H2,1-4H3/t42-/m0/s1. The summed E-state index contributed by atoms with van der Waals surface area (Å²) in [7, 11) is 0. The van der Waals surface area contributed by atoms with Crippen LogP contribution in [0.1, 0.15) is 246 Å². The molecule has 0 aliphatic heterocycles. The Balaban J connectivity index is 4.31. The Bertz CT molecular complexity index is 766. The van der Waals surface area contributed by atoms with Crippen molar-refractivity contribution in [2.75, 3.05) is 13.2 Å². The van der Waals surface area contributed by atoms with E-state index in [1.807, 2.05) is 0 Å². The summed E-state index contributed by atoms with van der Waals surface area (Å²) >= 11 is 0. The molecule has 0 spiro atoms. The van der Waals surface area contributed by atoms with Gasteiger partial charge in [-0.1, -0.05) is 207 Å². The van der Waals surface area contributed by atoms with Crippen molar-refractivity contribution in [3.05, 3.63) is 0 Å². The highest BCUT2D eigenvalue weighted by Crippen LogP contribution is 2.16. The van der Waals surface area contributed by atoms with Crippen molar-refractivity contribution < 1.29 is 28.6 Å². The Morgan fingerprint density at radius 2 is 0.647 bits per heavy atom. The Kier molecular flexibility index (Phi) is 38.4. The Morgan fingerprint density at radius 3 is 0.961 bits per heavy atom. The molecule has 0 N–H and O–H groups in total. The zero-order chi connectivity index (χ0) is 37.5. The van der Waals surface area contributed by atoms with Crippen molar-refractivity contribution in [2.45, 2.75) is 252 Å². The number of carbonyl (C=O) groups is 3. The van der Waals surface area contributed by atoms with Gasteiger partial charge in [0, 0.05) is 19.3 Å². The SMILES string of the molecule is CCCCCCCCCCCCCCCC(=O)OC[C@@H](COC(=O)CCCCCCCCC(C)C)OC(=O)CCCCCCCCCCCCC. The number of hydrogen-bond acceptors (Lipinski definition) is 6. The molecule has 0 rings (SSSR count). The lowest BCUT2D eigenvalue weighted by atomic mass is 10.0. The molecule has 0 aromatic carbocycles. The number of rotatable bonds is 40. The van der Waals surface area contributed by atoms with Crippen LogP contribution in [0.15, 0.2) is 0 Å². The van der Waals surface area contributed by atoms with Crippen molar-refractivity contribution in [1.29, 1.82) is 0 Å². The number of hydrogen-bond donors (Lipinski definition) is 0. The summed E-state index contributed by atoms with van der Waals surface area (Å²) < 4.78 is 16.7. The van der Waals surface area contributed by atoms with Crippen LogP contribution in [-0.4, -0.2) is 37.2 Å². The number of esters is 3. The fraction of sp³-hybridized carbons (Fsp3) is 0.933. The van der Waals surface area contributed by atoms with Crippen LogP contribution in [-0.2, 0) is 28.6 Å². The molecule has 6 nitrogen and oxygen atoms in total. The molecule has 0 heterocycles. The molecule has 0 bridgehead atoms. The minimum atomic E-state index is -0.759. The fourth-order valence-electron chi connectivity index (χ4n) is 6.63. The van der Waals surface area contributed by atoms with Crippen molar-refractivity contribution in [2.24, 2.45) is 5.92 Å². The molecule has 0 radical (unpaired) electrons.